The molecule has 2 aliphatic heterocycles. The third kappa shape index (κ3) is 4.69. The van der Waals surface area contributed by atoms with Crippen LogP contribution in [0.4, 0.5) is 4.79 Å². The topological polar surface area (TPSA) is 71.1 Å². The van der Waals surface area contributed by atoms with Crippen LogP contribution in [0, 0.1) is 0 Å². The first kappa shape index (κ1) is 20.3. The molecule has 2 aliphatic rings. The van der Waals surface area contributed by atoms with Crippen LogP contribution >= 0.6 is 0 Å². The van der Waals surface area contributed by atoms with Gasteiger partial charge in [0.2, 0.25) is 5.91 Å². The van der Waals surface area contributed by atoms with Crippen molar-refractivity contribution in [3.05, 3.63) is 23.8 Å². The van der Waals surface area contributed by atoms with Crippen LogP contribution in [0.2, 0.25) is 0 Å². The fourth-order valence-corrected chi connectivity index (χ4v) is 4.11. The van der Waals surface area contributed by atoms with E-state index in [1.165, 1.54) is 6.42 Å². The fourth-order valence-electron chi connectivity index (χ4n) is 4.11. The van der Waals surface area contributed by atoms with E-state index in [4.69, 9.17) is 9.47 Å². The molecule has 0 saturated carbocycles. The Morgan fingerprint density at radius 2 is 1.86 bits per heavy atom. The molecule has 1 aromatic carbocycles. The Balaban J connectivity index is 1.56. The number of carbonyl (C=O) groups excluding carboxylic acids is 2. The second kappa shape index (κ2) is 9.66. The quantitative estimate of drug-likeness (QED) is 0.812. The van der Waals surface area contributed by atoms with E-state index in [0.29, 0.717) is 19.5 Å². The molecule has 2 saturated heterocycles. The fraction of sp³-hybridized carbons (Fsp3) is 0.619. The van der Waals surface area contributed by atoms with Gasteiger partial charge in [-0.15, -0.1) is 0 Å². The van der Waals surface area contributed by atoms with Crippen LogP contribution in [0.1, 0.15) is 50.1 Å². The van der Waals surface area contributed by atoms with Gasteiger partial charge in [-0.05, 0) is 44.2 Å². The van der Waals surface area contributed by atoms with Crippen molar-refractivity contribution in [3.63, 3.8) is 0 Å². The molecule has 3 amide bonds. The van der Waals surface area contributed by atoms with Gasteiger partial charge in [-0.3, -0.25) is 4.79 Å². The zero-order valence-corrected chi connectivity index (χ0v) is 16.9. The zero-order chi connectivity index (χ0) is 19.9. The van der Waals surface area contributed by atoms with Crippen molar-refractivity contribution in [1.29, 1.82) is 0 Å². The van der Waals surface area contributed by atoms with Crippen LogP contribution in [-0.2, 0) is 4.79 Å². The van der Waals surface area contributed by atoms with Gasteiger partial charge in [0.25, 0.3) is 0 Å². The normalized spacial score (nSPS) is 19.4. The van der Waals surface area contributed by atoms with Crippen molar-refractivity contribution in [2.45, 2.75) is 44.6 Å². The lowest BCUT2D eigenvalue weighted by molar-refractivity contribution is -0.131. The van der Waals surface area contributed by atoms with E-state index in [-0.39, 0.29) is 18.0 Å². The molecule has 1 aromatic rings. The number of rotatable bonds is 6. The highest BCUT2D eigenvalue weighted by Crippen LogP contribution is 2.38. The number of nitrogens with one attached hydrogen (secondary N) is 1. The van der Waals surface area contributed by atoms with E-state index in [1.54, 1.807) is 14.2 Å². The molecule has 0 spiro atoms. The van der Waals surface area contributed by atoms with E-state index < -0.39 is 0 Å². The lowest BCUT2D eigenvalue weighted by Gasteiger charge is -2.28. The third-order valence-electron chi connectivity index (χ3n) is 5.64. The van der Waals surface area contributed by atoms with Gasteiger partial charge in [0, 0.05) is 44.2 Å². The number of hydrogen-bond acceptors (Lipinski definition) is 4. The highest BCUT2D eigenvalue weighted by molar-refractivity contribution is 5.79. The second-order valence-corrected chi connectivity index (χ2v) is 7.38. The molecule has 0 radical (unpaired) electrons. The number of amides is 3. The molecule has 1 unspecified atom stereocenters. The van der Waals surface area contributed by atoms with Gasteiger partial charge in [-0.2, -0.15) is 0 Å². The Hall–Kier alpha value is -2.44. The minimum absolute atomic E-state index is 0.0290. The van der Waals surface area contributed by atoms with Gasteiger partial charge in [-0.1, -0.05) is 0 Å². The summed E-state index contributed by atoms with van der Waals surface area (Å²) in [6.07, 6.45) is 5.55. The van der Waals surface area contributed by atoms with E-state index in [2.05, 4.69) is 5.32 Å². The number of carbonyl (C=O) groups is 2. The number of nitrogens with zero attached hydrogens (tertiary/aromatic N) is 2. The Kier molecular flexibility index (Phi) is 7.01. The summed E-state index contributed by atoms with van der Waals surface area (Å²) in [5, 5.41) is 2.93. The molecule has 7 heteroatoms. The summed E-state index contributed by atoms with van der Waals surface area (Å²) in [6.45, 7) is 2.76. The summed E-state index contributed by atoms with van der Waals surface area (Å²) in [6, 6.07) is 5.56. The highest BCUT2D eigenvalue weighted by atomic mass is 16.5. The van der Waals surface area contributed by atoms with E-state index >= 15 is 0 Å². The Labute approximate surface area is 167 Å². The first-order valence-electron chi connectivity index (χ1n) is 10.2. The highest BCUT2D eigenvalue weighted by Gasteiger charge is 2.32. The van der Waals surface area contributed by atoms with Gasteiger partial charge >= 0.3 is 6.03 Å². The molecule has 2 heterocycles. The lowest BCUT2D eigenvalue weighted by atomic mass is 10.0. The van der Waals surface area contributed by atoms with Crippen LogP contribution in [-0.4, -0.2) is 62.1 Å². The molecule has 0 aromatic heterocycles. The van der Waals surface area contributed by atoms with Gasteiger partial charge in [-0.25, -0.2) is 4.79 Å². The molecule has 2 fully saturated rings. The number of urea groups is 1. The van der Waals surface area contributed by atoms with Crippen molar-refractivity contribution in [2.75, 3.05) is 40.4 Å². The molecule has 3 rings (SSSR count). The van der Waals surface area contributed by atoms with Crippen LogP contribution in [0.15, 0.2) is 18.2 Å². The number of likely N-dealkylation sites (tertiary alicyclic amines) is 2. The first-order chi connectivity index (χ1) is 13.6. The maximum Gasteiger partial charge on any atom is 0.317 e. The summed E-state index contributed by atoms with van der Waals surface area (Å²) in [5.41, 5.74) is 0.986. The average molecular weight is 389 g/mol. The largest absolute Gasteiger partial charge is 0.497 e. The second-order valence-electron chi connectivity index (χ2n) is 7.38. The lowest BCUT2D eigenvalue weighted by Crippen LogP contribution is -2.42. The smallest absolute Gasteiger partial charge is 0.317 e. The number of benzene rings is 1. The summed E-state index contributed by atoms with van der Waals surface area (Å²) in [4.78, 5) is 28.8. The Morgan fingerprint density at radius 3 is 2.57 bits per heavy atom. The molecule has 0 aliphatic carbocycles. The van der Waals surface area contributed by atoms with Gasteiger partial charge in [0.1, 0.15) is 11.5 Å². The molecule has 7 nitrogen and oxygen atoms in total. The minimum Gasteiger partial charge on any atom is -0.497 e. The molecule has 1 atom stereocenters. The van der Waals surface area contributed by atoms with Gasteiger partial charge in [0.15, 0.2) is 0 Å². The predicted molar refractivity (Wildman–Crippen MR) is 107 cm³/mol. The maximum atomic E-state index is 12.7. The number of piperidine rings is 1. The van der Waals surface area contributed by atoms with Crippen LogP contribution in [0.3, 0.4) is 0 Å². The third-order valence-corrected chi connectivity index (χ3v) is 5.64. The van der Waals surface area contributed by atoms with Crippen molar-refractivity contribution in [3.8, 4) is 11.5 Å². The summed E-state index contributed by atoms with van der Waals surface area (Å²) >= 11 is 0. The van der Waals surface area contributed by atoms with Crippen LogP contribution in [0.25, 0.3) is 0 Å². The van der Waals surface area contributed by atoms with E-state index in [1.807, 2.05) is 28.0 Å². The minimum atomic E-state index is -0.119. The van der Waals surface area contributed by atoms with E-state index in [9.17, 15) is 9.59 Å². The first-order valence-corrected chi connectivity index (χ1v) is 10.2. The standard InChI is InChI=1S/C21H31N3O4/c1-27-16-8-9-17(19(15-16)28-2)18-7-6-14-24(18)21(26)22-11-10-20(25)23-12-4-3-5-13-23/h8-9,15,18H,3-7,10-14H2,1-2H3,(H,22,26). The number of hydrogen-bond donors (Lipinski definition) is 1. The van der Waals surface area contributed by atoms with Crippen molar-refractivity contribution >= 4 is 11.9 Å². The van der Waals surface area contributed by atoms with Gasteiger partial charge in [0.05, 0.1) is 20.3 Å². The van der Waals surface area contributed by atoms with Crippen LogP contribution < -0.4 is 14.8 Å². The average Bonchev–Trinajstić information content (AvgIpc) is 3.23. The summed E-state index contributed by atoms with van der Waals surface area (Å²) in [7, 11) is 3.25. The Morgan fingerprint density at radius 1 is 1.07 bits per heavy atom. The molecular weight excluding hydrogens is 358 g/mol. The van der Waals surface area contributed by atoms with Gasteiger partial charge < -0.3 is 24.6 Å². The monoisotopic (exact) mass is 389 g/mol. The molecule has 1 N–H and O–H groups in total. The van der Waals surface area contributed by atoms with Crippen molar-refractivity contribution < 1.29 is 19.1 Å². The summed E-state index contributed by atoms with van der Waals surface area (Å²) < 4.78 is 10.8. The number of methoxy groups -OCH3 is 2. The molecule has 0 bridgehead atoms. The predicted octanol–water partition coefficient (Wildman–Crippen LogP) is 2.95. The Bertz CT molecular complexity index is 688. The van der Waals surface area contributed by atoms with E-state index in [0.717, 1.165) is 55.8 Å². The van der Waals surface area contributed by atoms with Crippen molar-refractivity contribution in [1.82, 2.24) is 15.1 Å². The molecule has 154 valence electrons. The molecule has 28 heavy (non-hydrogen) atoms. The summed E-state index contributed by atoms with van der Waals surface area (Å²) in [5.74, 6) is 1.59. The van der Waals surface area contributed by atoms with Crippen molar-refractivity contribution in [2.24, 2.45) is 0 Å². The molecular formula is C21H31N3O4. The maximum absolute atomic E-state index is 12.7. The van der Waals surface area contributed by atoms with Crippen LogP contribution in [0.5, 0.6) is 11.5 Å². The number of ether oxygens (including phenoxy) is 2. The zero-order valence-electron chi connectivity index (χ0n) is 16.9. The SMILES string of the molecule is COc1ccc(C2CCCN2C(=O)NCCC(=O)N2CCCCC2)c(OC)c1.